The van der Waals surface area contributed by atoms with Gasteiger partial charge in [-0.05, 0) is 55.0 Å². The first kappa shape index (κ1) is 18.1. The van der Waals surface area contributed by atoms with E-state index in [-0.39, 0.29) is 11.9 Å². The van der Waals surface area contributed by atoms with Crippen LogP contribution in [-0.2, 0) is 13.0 Å². The zero-order valence-corrected chi connectivity index (χ0v) is 16.1. The van der Waals surface area contributed by atoms with Crippen molar-refractivity contribution in [2.75, 3.05) is 19.6 Å². The third-order valence-corrected chi connectivity index (χ3v) is 6.09. The number of furan rings is 2. The van der Waals surface area contributed by atoms with E-state index in [9.17, 15) is 4.79 Å². The van der Waals surface area contributed by atoms with Gasteiger partial charge >= 0.3 is 0 Å². The number of rotatable bonds is 7. The minimum atomic E-state index is -0.0616. The van der Waals surface area contributed by atoms with Gasteiger partial charge in [-0.2, -0.15) is 0 Å². The van der Waals surface area contributed by atoms with Crippen LogP contribution in [0.15, 0.2) is 63.1 Å². The number of carbonyl (C=O) groups is 1. The van der Waals surface area contributed by atoms with Crippen LogP contribution < -0.4 is 0 Å². The van der Waals surface area contributed by atoms with E-state index in [1.165, 1.54) is 4.88 Å². The second-order valence-corrected chi connectivity index (χ2v) is 7.92. The molecule has 0 atom stereocenters. The van der Waals surface area contributed by atoms with Crippen LogP contribution in [0.25, 0.3) is 0 Å². The van der Waals surface area contributed by atoms with E-state index in [0.29, 0.717) is 12.3 Å². The predicted octanol–water partition coefficient (Wildman–Crippen LogP) is 4.28. The van der Waals surface area contributed by atoms with Gasteiger partial charge in [0, 0.05) is 30.6 Å². The number of hydrogen-bond donors (Lipinski definition) is 0. The maximum Gasteiger partial charge on any atom is 0.290 e. The second kappa shape index (κ2) is 8.59. The van der Waals surface area contributed by atoms with Gasteiger partial charge in [0.25, 0.3) is 5.91 Å². The van der Waals surface area contributed by atoms with Crippen LogP contribution in [0.4, 0.5) is 0 Å². The van der Waals surface area contributed by atoms with E-state index in [1.807, 2.05) is 28.4 Å². The molecule has 142 valence electrons. The average Bonchev–Trinajstić information content (AvgIpc) is 3.48. The van der Waals surface area contributed by atoms with Crippen molar-refractivity contribution in [3.05, 3.63) is 70.7 Å². The van der Waals surface area contributed by atoms with Crippen LogP contribution in [0.2, 0.25) is 0 Å². The van der Waals surface area contributed by atoms with Gasteiger partial charge in [0.1, 0.15) is 5.76 Å². The lowest BCUT2D eigenvalue weighted by Gasteiger charge is -2.38. The van der Waals surface area contributed by atoms with Crippen molar-refractivity contribution in [1.82, 2.24) is 9.80 Å². The molecular formula is C21H24N2O3S. The summed E-state index contributed by atoms with van der Waals surface area (Å²) < 4.78 is 10.8. The Balaban J connectivity index is 1.38. The highest BCUT2D eigenvalue weighted by Gasteiger charge is 2.30. The summed E-state index contributed by atoms with van der Waals surface area (Å²) >= 11 is 1.82. The molecule has 0 aromatic carbocycles. The molecule has 1 fully saturated rings. The van der Waals surface area contributed by atoms with E-state index in [4.69, 9.17) is 8.83 Å². The summed E-state index contributed by atoms with van der Waals surface area (Å²) in [5, 5.41) is 2.13. The zero-order valence-electron chi connectivity index (χ0n) is 15.3. The monoisotopic (exact) mass is 384 g/mol. The molecule has 1 saturated heterocycles. The Morgan fingerprint density at radius 1 is 1.11 bits per heavy atom. The molecule has 1 amide bonds. The topological polar surface area (TPSA) is 49.8 Å². The Morgan fingerprint density at radius 3 is 2.59 bits per heavy atom. The first-order valence-corrected chi connectivity index (χ1v) is 10.3. The fourth-order valence-electron chi connectivity index (χ4n) is 3.66. The minimum absolute atomic E-state index is 0.0616. The number of nitrogens with zero attached hydrogens (tertiary/aromatic N) is 2. The van der Waals surface area contributed by atoms with Gasteiger partial charge in [-0.1, -0.05) is 6.07 Å². The Kier molecular flexibility index (Phi) is 5.75. The summed E-state index contributed by atoms with van der Waals surface area (Å²) in [6.45, 7) is 3.58. The summed E-state index contributed by atoms with van der Waals surface area (Å²) in [5.74, 6) is 1.13. The van der Waals surface area contributed by atoms with Crippen LogP contribution in [-0.4, -0.2) is 41.4 Å². The van der Waals surface area contributed by atoms with Gasteiger partial charge < -0.3 is 18.6 Å². The Labute approximate surface area is 163 Å². The van der Waals surface area contributed by atoms with E-state index < -0.39 is 0 Å². The molecule has 1 aliphatic heterocycles. The molecule has 5 nitrogen and oxygen atoms in total. The Morgan fingerprint density at radius 2 is 1.93 bits per heavy atom. The van der Waals surface area contributed by atoms with Gasteiger partial charge in [0.2, 0.25) is 0 Å². The number of piperidine rings is 1. The number of thiophene rings is 1. The number of amides is 1. The maximum absolute atomic E-state index is 13.0. The van der Waals surface area contributed by atoms with Crippen LogP contribution in [0.3, 0.4) is 0 Å². The predicted molar refractivity (Wildman–Crippen MR) is 105 cm³/mol. The summed E-state index contributed by atoms with van der Waals surface area (Å²) in [6.07, 6.45) is 6.24. The highest BCUT2D eigenvalue weighted by Crippen LogP contribution is 2.22. The summed E-state index contributed by atoms with van der Waals surface area (Å²) in [5.41, 5.74) is 0. The highest BCUT2D eigenvalue weighted by molar-refractivity contribution is 7.09. The molecule has 0 aliphatic carbocycles. The highest BCUT2D eigenvalue weighted by atomic mass is 32.1. The standard InChI is InChI=1S/C21H24N2O3S/c24-21(20-6-2-14-26-20)23(16-18-4-1-13-25-18)17-7-10-22(11-8-17)12-9-19-5-3-15-27-19/h1-6,13-15,17H,7-12,16H2. The minimum Gasteiger partial charge on any atom is -0.467 e. The van der Waals surface area contributed by atoms with Crippen molar-refractivity contribution < 1.29 is 13.6 Å². The van der Waals surface area contributed by atoms with Crippen LogP contribution in [0.5, 0.6) is 0 Å². The normalized spacial score (nSPS) is 15.9. The number of likely N-dealkylation sites (tertiary alicyclic amines) is 1. The lowest BCUT2D eigenvalue weighted by Crippen LogP contribution is -2.47. The van der Waals surface area contributed by atoms with Crippen molar-refractivity contribution in [2.24, 2.45) is 0 Å². The van der Waals surface area contributed by atoms with Gasteiger partial charge in [0.05, 0.1) is 19.1 Å². The molecule has 27 heavy (non-hydrogen) atoms. The van der Waals surface area contributed by atoms with Gasteiger partial charge in [-0.25, -0.2) is 0 Å². The van der Waals surface area contributed by atoms with E-state index in [0.717, 1.165) is 44.7 Å². The SMILES string of the molecule is O=C(c1ccco1)N(Cc1ccco1)C1CCN(CCc2cccs2)CC1. The fraction of sp³-hybridized carbons (Fsp3) is 0.381. The smallest absolute Gasteiger partial charge is 0.290 e. The molecule has 1 aliphatic rings. The lowest BCUT2D eigenvalue weighted by molar-refractivity contribution is 0.0501. The quantitative estimate of drug-likeness (QED) is 0.610. The number of carbonyl (C=O) groups excluding carboxylic acids is 1. The van der Waals surface area contributed by atoms with Crippen molar-refractivity contribution >= 4 is 17.2 Å². The van der Waals surface area contributed by atoms with Gasteiger partial charge in [-0.3, -0.25) is 4.79 Å². The van der Waals surface area contributed by atoms with Crippen LogP contribution >= 0.6 is 11.3 Å². The molecular weight excluding hydrogens is 360 g/mol. The number of hydrogen-bond acceptors (Lipinski definition) is 5. The van der Waals surface area contributed by atoms with Gasteiger partial charge in [0.15, 0.2) is 5.76 Å². The molecule has 0 spiro atoms. The summed E-state index contributed by atoms with van der Waals surface area (Å²) in [7, 11) is 0. The molecule has 0 saturated carbocycles. The third-order valence-electron chi connectivity index (χ3n) is 5.15. The molecule has 0 unspecified atom stereocenters. The van der Waals surface area contributed by atoms with Crippen molar-refractivity contribution in [3.63, 3.8) is 0 Å². The van der Waals surface area contributed by atoms with Crippen LogP contribution in [0, 0.1) is 0 Å². The molecule has 6 heteroatoms. The Hall–Kier alpha value is -2.31. The van der Waals surface area contributed by atoms with Crippen LogP contribution in [0.1, 0.15) is 34.0 Å². The second-order valence-electron chi connectivity index (χ2n) is 6.89. The first-order valence-electron chi connectivity index (χ1n) is 9.41. The molecule has 3 aromatic heterocycles. The lowest BCUT2D eigenvalue weighted by atomic mass is 10.0. The third kappa shape index (κ3) is 4.51. The van der Waals surface area contributed by atoms with Crippen molar-refractivity contribution in [3.8, 4) is 0 Å². The molecule has 0 N–H and O–H groups in total. The molecule has 0 bridgehead atoms. The molecule has 4 rings (SSSR count). The van der Waals surface area contributed by atoms with Gasteiger partial charge in [-0.15, -0.1) is 11.3 Å². The van der Waals surface area contributed by atoms with Crippen molar-refractivity contribution in [2.45, 2.75) is 31.8 Å². The summed E-state index contributed by atoms with van der Waals surface area (Å²) in [6, 6.07) is 11.8. The maximum atomic E-state index is 13.0. The largest absolute Gasteiger partial charge is 0.467 e. The summed E-state index contributed by atoms with van der Waals surface area (Å²) in [4.78, 5) is 18.8. The Bertz CT molecular complexity index is 804. The molecule has 0 radical (unpaired) electrons. The fourth-order valence-corrected chi connectivity index (χ4v) is 4.35. The van der Waals surface area contributed by atoms with E-state index in [1.54, 1.807) is 24.7 Å². The molecule has 4 heterocycles. The molecule has 3 aromatic rings. The van der Waals surface area contributed by atoms with Crippen molar-refractivity contribution in [1.29, 1.82) is 0 Å². The van der Waals surface area contributed by atoms with E-state index in [2.05, 4.69) is 22.4 Å². The first-order chi connectivity index (χ1) is 13.3. The van der Waals surface area contributed by atoms with E-state index >= 15 is 0 Å². The average molecular weight is 385 g/mol. The zero-order chi connectivity index (χ0) is 18.5.